The fourth-order valence-corrected chi connectivity index (χ4v) is 1.81. The Bertz CT molecular complexity index is 547. The van der Waals surface area contributed by atoms with Gasteiger partial charge in [0.05, 0.1) is 0 Å². The van der Waals surface area contributed by atoms with Crippen LogP contribution in [0.4, 0.5) is 0 Å². The van der Waals surface area contributed by atoms with Gasteiger partial charge < -0.3 is 0 Å². The Morgan fingerprint density at radius 2 is 2.00 bits per heavy atom. The average molecular weight is 213 g/mol. The molecule has 0 saturated heterocycles. The van der Waals surface area contributed by atoms with Gasteiger partial charge in [0, 0.05) is 5.56 Å². The van der Waals surface area contributed by atoms with Gasteiger partial charge in [-0.25, -0.2) is 9.67 Å². The Hall–Kier alpha value is -1.97. The first-order valence-electron chi connectivity index (χ1n) is 5.21. The van der Waals surface area contributed by atoms with Crippen molar-refractivity contribution in [2.75, 3.05) is 0 Å². The van der Waals surface area contributed by atoms with E-state index < -0.39 is 0 Å². The third kappa shape index (κ3) is 1.26. The summed E-state index contributed by atoms with van der Waals surface area (Å²) in [6.07, 6.45) is 0. The second-order valence-corrected chi connectivity index (χ2v) is 4.12. The van der Waals surface area contributed by atoms with Crippen molar-refractivity contribution < 1.29 is 4.79 Å². The van der Waals surface area contributed by atoms with Crippen LogP contribution in [0.2, 0.25) is 0 Å². The first-order valence-corrected chi connectivity index (χ1v) is 5.21. The van der Waals surface area contributed by atoms with Crippen molar-refractivity contribution in [3.8, 4) is 11.4 Å². The summed E-state index contributed by atoms with van der Waals surface area (Å²) in [6.45, 7) is 3.60. The molecule has 0 radical (unpaired) electrons. The molecule has 0 amide bonds. The number of carbonyl (C=O) groups excluding carboxylic acids is 1. The van der Waals surface area contributed by atoms with Crippen molar-refractivity contribution in [2.24, 2.45) is 0 Å². The predicted molar refractivity (Wildman–Crippen MR) is 59.0 cm³/mol. The average Bonchev–Trinajstić information content (AvgIpc) is 2.77. The Morgan fingerprint density at radius 3 is 2.50 bits per heavy atom. The normalized spacial score (nSPS) is 17.0. The maximum Gasteiger partial charge on any atom is 0.181 e. The van der Waals surface area contributed by atoms with E-state index in [1.807, 2.05) is 31.2 Å². The summed E-state index contributed by atoms with van der Waals surface area (Å²) in [7, 11) is 0. The summed E-state index contributed by atoms with van der Waals surface area (Å²) in [5, 5.41) is 4.29. The molecule has 1 atom stereocenters. The minimum absolute atomic E-state index is 0.102. The van der Waals surface area contributed by atoms with Crippen molar-refractivity contribution in [2.45, 2.75) is 19.9 Å². The van der Waals surface area contributed by atoms with Gasteiger partial charge in [-0.05, 0) is 13.8 Å². The molecule has 0 aliphatic carbocycles. The summed E-state index contributed by atoms with van der Waals surface area (Å²) in [5.74, 6) is 1.58. The zero-order valence-corrected chi connectivity index (χ0v) is 9.14. The summed E-state index contributed by atoms with van der Waals surface area (Å²) in [6, 6.07) is 7.86. The van der Waals surface area contributed by atoms with E-state index in [0.717, 1.165) is 11.4 Å². The van der Waals surface area contributed by atoms with Crippen LogP contribution in [-0.4, -0.2) is 20.5 Å². The zero-order valence-electron chi connectivity index (χ0n) is 9.14. The van der Waals surface area contributed by atoms with Crippen LogP contribution in [0.5, 0.6) is 0 Å². The monoisotopic (exact) mass is 213 g/mol. The fraction of sp³-hybridized carbons (Fsp3) is 0.250. The number of rotatable bonds is 2. The van der Waals surface area contributed by atoms with Crippen LogP contribution in [0.1, 0.15) is 24.4 Å². The van der Waals surface area contributed by atoms with E-state index in [-0.39, 0.29) is 11.8 Å². The van der Waals surface area contributed by atoms with Crippen molar-refractivity contribution >= 4 is 5.78 Å². The van der Waals surface area contributed by atoms with E-state index in [1.165, 1.54) is 5.56 Å². The van der Waals surface area contributed by atoms with Gasteiger partial charge in [0.1, 0.15) is 0 Å². The van der Waals surface area contributed by atoms with Crippen LogP contribution in [0.15, 0.2) is 24.3 Å². The van der Waals surface area contributed by atoms with Gasteiger partial charge in [-0.1, -0.05) is 29.8 Å². The second kappa shape index (κ2) is 3.01. The molecule has 1 unspecified atom stereocenters. The maximum absolute atomic E-state index is 11.1. The summed E-state index contributed by atoms with van der Waals surface area (Å²) < 4.78 is 1.68. The van der Waals surface area contributed by atoms with Crippen LogP contribution in [-0.2, 0) is 4.79 Å². The lowest BCUT2D eigenvalue weighted by Crippen LogP contribution is -1.99. The smallest absolute Gasteiger partial charge is 0.181 e. The third-order valence-corrected chi connectivity index (χ3v) is 2.77. The molecule has 0 spiro atoms. The van der Waals surface area contributed by atoms with Crippen molar-refractivity contribution in [3.63, 3.8) is 0 Å². The zero-order chi connectivity index (χ0) is 11.3. The quantitative estimate of drug-likeness (QED) is 0.763. The number of aromatic nitrogens is 3. The van der Waals surface area contributed by atoms with Crippen molar-refractivity contribution in [3.05, 3.63) is 35.7 Å². The highest BCUT2D eigenvalue weighted by Gasteiger charge is 2.41. The van der Waals surface area contributed by atoms with E-state index >= 15 is 0 Å². The molecule has 4 nitrogen and oxygen atoms in total. The van der Waals surface area contributed by atoms with Gasteiger partial charge in [-0.3, -0.25) is 4.79 Å². The number of Topliss-reactive ketones (excluding diaryl/α,β-unsaturated/α-hetero) is 1. The molecule has 80 valence electrons. The molecule has 1 aromatic heterocycles. The number of nitrogens with zero attached hydrogens (tertiary/aromatic N) is 3. The highest BCUT2D eigenvalue weighted by molar-refractivity contribution is 5.86. The first kappa shape index (κ1) is 9.27. The van der Waals surface area contributed by atoms with Gasteiger partial charge >= 0.3 is 0 Å². The second-order valence-electron chi connectivity index (χ2n) is 4.12. The van der Waals surface area contributed by atoms with Gasteiger partial charge in [0.15, 0.2) is 23.5 Å². The van der Waals surface area contributed by atoms with E-state index in [1.54, 1.807) is 11.6 Å². The fourth-order valence-electron chi connectivity index (χ4n) is 1.81. The van der Waals surface area contributed by atoms with Gasteiger partial charge in [-0.2, -0.15) is 0 Å². The van der Waals surface area contributed by atoms with E-state index in [9.17, 15) is 4.79 Å². The number of carbonyl (C=O) groups is 1. The molecule has 0 fully saturated rings. The molecule has 1 aliphatic rings. The largest absolute Gasteiger partial charge is 0.297 e. The van der Waals surface area contributed by atoms with Crippen molar-refractivity contribution in [1.29, 1.82) is 0 Å². The van der Waals surface area contributed by atoms with E-state index in [0.29, 0.717) is 5.82 Å². The van der Waals surface area contributed by atoms with Crippen LogP contribution in [0, 0.1) is 6.92 Å². The Labute approximate surface area is 92.9 Å². The maximum atomic E-state index is 11.1. The lowest BCUT2D eigenvalue weighted by atomic mass is 10.1. The van der Waals surface area contributed by atoms with Gasteiger partial charge in [-0.15, -0.1) is 5.10 Å². The lowest BCUT2D eigenvalue weighted by molar-refractivity contribution is -0.117. The molecule has 16 heavy (non-hydrogen) atoms. The molecule has 4 heteroatoms. The molecule has 1 aliphatic heterocycles. The number of benzene rings is 1. The van der Waals surface area contributed by atoms with E-state index in [2.05, 4.69) is 10.1 Å². The van der Waals surface area contributed by atoms with E-state index in [4.69, 9.17) is 0 Å². The third-order valence-electron chi connectivity index (χ3n) is 2.77. The molecule has 2 aromatic rings. The van der Waals surface area contributed by atoms with Crippen LogP contribution < -0.4 is 0 Å². The Kier molecular flexibility index (Phi) is 1.74. The summed E-state index contributed by atoms with van der Waals surface area (Å²) in [4.78, 5) is 15.5. The molecule has 3 rings (SSSR count). The van der Waals surface area contributed by atoms with Gasteiger partial charge in [0.25, 0.3) is 0 Å². The van der Waals surface area contributed by atoms with Crippen molar-refractivity contribution in [1.82, 2.24) is 14.8 Å². The number of hydrogen-bond acceptors (Lipinski definition) is 3. The van der Waals surface area contributed by atoms with Crippen LogP contribution >= 0.6 is 0 Å². The molecular formula is C12H11N3O. The Balaban J connectivity index is 1.91. The molecule has 2 heterocycles. The minimum atomic E-state index is -0.186. The highest BCUT2D eigenvalue weighted by Crippen LogP contribution is 2.34. The van der Waals surface area contributed by atoms with Gasteiger partial charge in [0.2, 0.25) is 0 Å². The van der Waals surface area contributed by atoms with Crippen LogP contribution in [0.25, 0.3) is 11.4 Å². The molecule has 0 saturated carbocycles. The highest BCUT2D eigenvalue weighted by atomic mass is 16.1. The molecule has 1 aromatic carbocycles. The predicted octanol–water partition coefficient (Wildman–Crippen LogP) is 1.75. The topological polar surface area (TPSA) is 47.8 Å². The minimum Gasteiger partial charge on any atom is -0.297 e. The number of ketones is 1. The summed E-state index contributed by atoms with van der Waals surface area (Å²) in [5.41, 5.74) is 2.20. The SMILES string of the molecule is CC(=O)C1c2nc(-c3ccc(C)cc3)nn21. The molecular weight excluding hydrogens is 202 g/mol. The number of aryl methyl sites for hydroxylation is 1. The molecule has 0 N–H and O–H groups in total. The number of hydrogen-bond donors (Lipinski definition) is 0. The first-order chi connectivity index (χ1) is 7.66. The number of fused-ring (bicyclic) bond motifs is 1. The lowest BCUT2D eigenvalue weighted by Gasteiger charge is -1.97. The molecule has 0 bridgehead atoms. The Morgan fingerprint density at radius 1 is 1.31 bits per heavy atom. The van der Waals surface area contributed by atoms with Crippen LogP contribution in [0.3, 0.4) is 0 Å². The standard InChI is InChI=1S/C12H11N3O/c1-7-3-5-9(6-4-7)11-13-12-10(8(2)16)15(12)14-11/h3-6,10H,1-2H3. The summed E-state index contributed by atoms with van der Waals surface area (Å²) >= 11 is 0.